The Morgan fingerprint density at radius 3 is 2.64 bits per heavy atom. The summed E-state index contributed by atoms with van der Waals surface area (Å²) in [6.07, 6.45) is 4.54. The fourth-order valence-corrected chi connectivity index (χ4v) is 1.18. The van der Waals surface area contributed by atoms with E-state index in [2.05, 4.69) is 11.9 Å². The average Bonchev–Trinajstić information content (AvgIpc) is 2.04. The lowest BCUT2D eigenvalue weighted by atomic mass is 10.0. The van der Waals surface area contributed by atoms with Crippen molar-refractivity contribution in [1.82, 2.24) is 4.98 Å². The van der Waals surface area contributed by atoms with Crippen LogP contribution in [0.1, 0.15) is 23.6 Å². The fourth-order valence-electron chi connectivity index (χ4n) is 1.18. The first-order valence-electron chi connectivity index (χ1n) is 3.82. The standard InChI is InChI=1S/C9H13NO/c1-3-8-5-10-4-7(2)9(8)6-11/h4-5,11H,3,6H2,1-2H3. The molecule has 0 spiro atoms. The maximum absolute atomic E-state index is 9.00. The molecular formula is C9H13NO. The van der Waals surface area contributed by atoms with Crippen LogP contribution in [-0.2, 0) is 13.0 Å². The molecule has 0 aliphatic carbocycles. The number of nitrogens with zero attached hydrogens (tertiary/aromatic N) is 1. The molecule has 0 aromatic carbocycles. The van der Waals surface area contributed by atoms with E-state index in [0.717, 1.165) is 23.1 Å². The van der Waals surface area contributed by atoms with Crippen molar-refractivity contribution >= 4 is 0 Å². The zero-order valence-corrected chi connectivity index (χ0v) is 6.96. The van der Waals surface area contributed by atoms with Gasteiger partial charge in [-0.25, -0.2) is 0 Å². The Kier molecular flexibility index (Phi) is 2.60. The monoisotopic (exact) mass is 151 g/mol. The van der Waals surface area contributed by atoms with Gasteiger partial charge in [0.25, 0.3) is 0 Å². The molecule has 0 amide bonds. The lowest BCUT2D eigenvalue weighted by molar-refractivity contribution is 0.279. The lowest BCUT2D eigenvalue weighted by Crippen LogP contribution is -1.96. The van der Waals surface area contributed by atoms with Crippen molar-refractivity contribution in [3.05, 3.63) is 29.1 Å². The summed E-state index contributed by atoms with van der Waals surface area (Å²) >= 11 is 0. The maximum atomic E-state index is 9.00. The number of aromatic nitrogens is 1. The largest absolute Gasteiger partial charge is 0.392 e. The van der Waals surface area contributed by atoms with E-state index in [1.165, 1.54) is 0 Å². The van der Waals surface area contributed by atoms with E-state index < -0.39 is 0 Å². The smallest absolute Gasteiger partial charge is 0.0688 e. The Balaban J connectivity index is 3.13. The minimum Gasteiger partial charge on any atom is -0.392 e. The van der Waals surface area contributed by atoms with Gasteiger partial charge in [-0.05, 0) is 30.0 Å². The molecule has 1 N–H and O–H groups in total. The van der Waals surface area contributed by atoms with Crippen LogP contribution in [-0.4, -0.2) is 10.1 Å². The van der Waals surface area contributed by atoms with Crippen LogP contribution < -0.4 is 0 Å². The SMILES string of the molecule is CCc1cncc(C)c1CO. The molecule has 0 saturated heterocycles. The number of aryl methyl sites for hydroxylation is 2. The molecule has 1 aromatic rings. The second-order valence-electron chi connectivity index (χ2n) is 2.61. The second-order valence-corrected chi connectivity index (χ2v) is 2.61. The number of aliphatic hydroxyl groups is 1. The van der Waals surface area contributed by atoms with Crippen molar-refractivity contribution in [2.24, 2.45) is 0 Å². The molecule has 0 unspecified atom stereocenters. The Labute approximate surface area is 66.9 Å². The van der Waals surface area contributed by atoms with Gasteiger partial charge in [0.2, 0.25) is 0 Å². The molecule has 1 heterocycles. The number of aliphatic hydroxyl groups excluding tert-OH is 1. The van der Waals surface area contributed by atoms with E-state index >= 15 is 0 Å². The molecular weight excluding hydrogens is 138 g/mol. The van der Waals surface area contributed by atoms with E-state index in [1.807, 2.05) is 13.1 Å². The third-order valence-electron chi connectivity index (χ3n) is 1.90. The summed E-state index contributed by atoms with van der Waals surface area (Å²) in [5, 5.41) is 9.00. The minimum atomic E-state index is 0.123. The Hall–Kier alpha value is -0.890. The third kappa shape index (κ3) is 1.57. The average molecular weight is 151 g/mol. The Morgan fingerprint density at radius 1 is 1.45 bits per heavy atom. The number of hydrogen-bond acceptors (Lipinski definition) is 2. The fraction of sp³-hybridized carbons (Fsp3) is 0.444. The van der Waals surface area contributed by atoms with Gasteiger partial charge in [0, 0.05) is 12.4 Å². The first-order valence-corrected chi connectivity index (χ1v) is 3.82. The van der Waals surface area contributed by atoms with Crippen molar-refractivity contribution in [1.29, 1.82) is 0 Å². The van der Waals surface area contributed by atoms with Gasteiger partial charge in [0.1, 0.15) is 0 Å². The van der Waals surface area contributed by atoms with Gasteiger partial charge < -0.3 is 5.11 Å². The van der Waals surface area contributed by atoms with E-state index in [9.17, 15) is 0 Å². The second kappa shape index (κ2) is 3.49. The van der Waals surface area contributed by atoms with Gasteiger partial charge in [0.05, 0.1) is 6.61 Å². The quantitative estimate of drug-likeness (QED) is 0.693. The van der Waals surface area contributed by atoms with Crippen LogP contribution in [0.2, 0.25) is 0 Å². The molecule has 1 aromatic heterocycles. The predicted molar refractivity (Wildman–Crippen MR) is 44.3 cm³/mol. The van der Waals surface area contributed by atoms with Crippen molar-refractivity contribution in [2.45, 2.75) is 26.9 Å². The lowest BCUT2D eigenvalue weighted by Gasteiger charge is -2.06. The normalized spacial score (nSPS) is 10.1. The van der Waals surface area contributed by atoms with E-state index in [1.54, 1.807) is 6.20 Å². The number of hydrogen-bond donors (Lipinski definition) is 1. The highest BCUT2D eigenvalue weighted by Gasteiger charge is 2.01. The molecule has 0 bridgehead atoms. The van der Waals surface area contributed by atoms with Gasteiger partial charge in [-0.3, -0.25) is 4.98 Å². The van der Waals surface area contributed by atoms with Gasteiger partial charge in [-0.2, -0.15) is 0 Å². The third-order valence-corrected chi connectivity index (χ3v) is 1.90. The van der Waals surface area contributed by atoms with Gasteiger partial charge in [-0.15, -0.1) is 0 Å². The van der Waals surface area contributed by atoms with Gasteiger partial charge in [0.15, 0.2) is 0 Å². The molecule has 1 rings (SSSR count). The summed E-state index contributed by atoms with van der Waals surface area (Å²) < 4.78 is 0. The molecule has 11 heavy (non-hydrogen) atoms. The molecule has 0 fully saturated rings. The molecule has 0 aliphatic rings. The summed E-state index contributed by atoms with van der Waals surface area (Å²) in [5.74, 6) is 0. The Morgan fingerprint density at radius 2 is 2.18 bits per heavy atom. The summed E-state index contributed by atoms with van der Waals surface area (Å²) in [4.78, 5) is 4.05. The van der Waals surface area contributed by atoms with Crippen molar-refractivity contribution in [3.8, 4) is 0 Å². The van der Waals surface area contributed by atoms with E-state index in [4.69, 9.17) is 5.11 Å². The van der Waals surface area contributed by atoms with Crippen molar-refractivity contribution in [2.75, 3.05) is 0 Å². The van der Waals surface area contributed by atoms with Gasteiger partial charge in [-0.1, -0.05) is 6.92 Å². The molecule has 0 atom stereocenters. The first-order chi connectivity index (χ1) is 5.29. The number of rotatable bonds is 2. The predicted octanol–water partition coefficient (Wildman–Crippen LogP) is 1.44. The molecule has 2 heteroatoms. The van der Waals surface area contributed by atoms with Crippen molar-refractivity contribution in [3.63, 3.8) is 0 Å². The summed E-state index contributed by atoms with van der Waals surface area (Å²) in [5.41, 5.74) is 3.25. The van der Waals surface area contributed by atoms with Gasteiger partial charge >= 0.3 is 0 Å². The molecule has 0 aliphatic heterocycles. The van der Waals surface area contributed by atoms with E-state index in [0.29, 0.717) is 0 Å². The first kappa shape index (κ1) is 8.21. The highest BCUT2D eigenvalue weighted by Crippen LogP contribution is 2.12. The van der Waals surface area contributed by atoms with Crippen LogP contribution in [0.15, 0.2) is 12.4 Å². The molecule has 2 nitrogen and oxygen atoms in total. The summed E-state index contributed by atoms with van der Waals surface area (Å²) in [7, 11) is 0. The van der Waals surface area contributed by atoms with Crippen molar-refractivity contribution < 1.29 is 5.11 Å². The molecule has 0 radical (unpaired) electrons. The van der Waals surface area contributed by atoms with Crippen LogP contribution in [0.4, 0.5) is 0 Å². The maximum Gasteiger partial charge on any atom is 0.0688 e. The van der Waals surface area contributed by atoms with Crippen LogP contribution in [0.25, 0.3) is 0 Å². The topological polar surface area (TPSA) is 33.1 Å². The highest BCUT2D eigenvalue weighted by molar-refractivity contribution is 5.29. The zero-order valence-electron chi connectivity index (χ0n) is 6.96. The summed E-state index contributed by atoms with van der Waals surface area (Å²) in [6.45, 7) is 4.16. The Bertz CT molecular complexity index is 245. The number of pyridine rings is 1. The molecule has 60 valence electrons. The van der Waals surface area contributed by atoms with Crippen LogP contribution in [0.5, 0.6) is 0 Å². The van der Waals surface area contributed by atoms with Crippen LogP contribution in [0, 0.1) is 6.92 Å². The summed E-state index contributed by atoms with van der Waals surface area (Å²) in [6, 6.07) is 0. The zero-order chi connectivity index (χ0) is 8.27. The van der Waals surface area contributed by atoms with Crippen LogP contribution >= 0.6 is 0 Å². The molecule has 0 saturated carbocycles. The van der Waals surface area contributed by atoms with Crippen LogP contribution in [0.3, 0.4) is 0 Å². The minimum absolute atomic E-state index is 0.123. The van der Waals surface area contributed by atoms with E-state index in [-0.39, 0.29) is 6.61 Å². The highest BCUT2D eigenvalue weighted by atomic mass is 16.3.